The number of hydrogen-bond acceptors (Lipinski definition) is 5. The van der Waals surface area contributed by atoms with Crippen LogP contribution in [0.2, 0.25) is 0 Å². The normalized spacial score (nSPS) is 28.8. The third-order valence-electron chi connectivity index (χ3n) is 4.58. The zero-order chi connectivity index (χ0) is 16.2. The van der Waals surface area contributed by atoms with E-state index in [0.29, 0.717) is 19.6 Å². The molecule has 128 valence electrons. The summed E-state index contributed by atoms with van der Waals surface area (Å²) in [6.07, 6.45) is -0.0946. The van der Waals surface area contributed by atoms with E-state index >= 15 is 0 Å². The zero-order valence-corrected chi connectivity index (χ0v) is 14.1. The smallest absolute Gasteiger partial charge is 0.317 e. The second kappa shape index (κ2) is 7.59. The lowest BCUT2D eigenvalue weighted by Gasteiger charge is -2.42. The summed E-state index contributed by atoms with van der Waals surface area (Å²) < 4.78 is 16.2. The fourth-order valence-electron chi connectivity index (χ4n) is 3.08. The van der Waals surface area contributed by atoms with Gasteiger partial charge < -0.3 is 24.4 Å². The Morgan fingerprint density at radius 3 is 2.45 bits per heavy atom. The number of amides is 2. The van der Waals surface area contributed by atoms with Crippen molar-refractivity contribution < 1.29 is 19.0 Å². The van der Waals surface area contributed by atoms with E-state index in [1.54, 1.807) is 19.1 Å². The summed E-state index contributed by atoms with van der Waals surface area (Å²) in [6, 6.07) is -0.0485. The number of carbonyl (C=O) groups is 1. The van der Waals surface area contributed by atoms with Crippen molar-refractivity contribution in [2.45, 2.75) is 31.6 Å². The molecule has 0 bridgehead atoms. The molecule has 2 rings (SSSR count). The Morgan fingerprint density at radius 1 is 1.27 bits per heavy atom. The Bertz CT molecular complexity index is 366. The first-order valence-corrected chi connectivity index (χ1v) is 7.89. The summed E-state index contributed by atoms with van der Waals surface area (Å²) in [6.45, 7) is 9.34. The fraction of sp³-hybridized carbons (Fsp3) is 0.933. The average Bonchev–Trinajstić information content (AvgIpc) is 2.92. The molecule has 22 heavy (non-hydrogen) atoms. The van der Waals surface area contributed by atoms with Crippen molar-refractivity contribution in [3.05, 3.63) is 0 Å². The molecule has 0 aliphatic carbocycles. The number of urea groups is 1. The van der Waals surface area contributed by atoms with E-state index in [0.717, 1.165) is 26.3 Å². The number of likely N-dealkylation sites (tertiary alicyclic amines) is 1. The summed E-state index contributed by atoms with van der Waals surface area (Å²) in [5.74, 6) is 0. The summed E-state index contributed by atoms with van der Waals surface area (Å²) >= 11 is 0. The Labute approximate surface area is 132 Å². The highest BCUT2D eigenvalue weighted by atomic mass is 16.5. The molecule has 0 aromatic rings. The molecule has 2 atom stereocenters. The van der Waals surface area contributed by atoms with Gasteiger partial charge in [0.1, 0.15) is 12.2 Å². The molecule has 0 radical (unpaired) electrons. The molecule has 0 spiro atoms. The molecule has 2 aliphatic heterocycles. The van der Waals surface area contributed by atoms with Crippen molar-refractivity contribution in [1.29, 1.82) is 0 Å². The van der Waals surface area contributed by atoms with E-state index in [4.69, 9.17) is 14.2 Å². The summed E-state index contributed by atoms with van der Waals surface area (Å²) in [7, 11) is 3.30. The Morgan fingerprint density at radius 2 is 1.91 bits per heavy atom. The molecule has 2 heterocycles. The summed E-state index contributed by atoms with van der Waals surface area (Å²) in [5, 5.41) is 2.99. The third kappa shape index (κ3) is 4.10. The number of morpholine rings is 1. The lowest BCUT2D eigenvalue weighted by atomic mass is 10.0. The van der Waals surface area contributed by atoms with Crippen LogP contribution in [0.3, 0.4) is 0 Å². The third-order valence-corrected chi connectivity index (χ3v) is 4.58. The first kappa shape index (κ1) is 17.5. The first-order valence-electron chi connectivity index (χ1n) is 7.89. The molecule has 7 nitrogen and oxygen atoms in total. The molecule has 2 aliphatic rings. The number of nitrogens with one attached hydrogen (secondary N) is 1. The average molecular weight is 315 g/mol. The van der Waals surface area contributed by atoms with E-state index < -0.39 is 0 Å². The maximum atomic E-state index is 12.2. The minimum atomic E-state index is -0.0485. The van der Waals surface area contributed by atoms with Crippen LogP contribution in [0, 0.1) is 0 Å². The molecule has 0 saturated carbocycles. The van der Waals surface area contributed by atoms with Crippen LogP contribution in [0.25, 0.3) is 0 Å². The Kier molecular flexibility index (Phi) is 6.02. The molecular weight excluding hydrogens is 286 g/mol. The van der Waals surface area contributed by atoms with Gasteiger partial charge in [0, 0.05) is 39.4 Å². The number of methoxy groups -OCH3 is 2. The van der Waals surface area contributed by atoms with Gasteiger partial charge in [0.05, 0.1) is 26.3 Å². The second-order valence-corrected chi connectivity index (χ2v) is 6.54. The van der Waals surface area contributed by atoms with Crippen molar-refractivity contribution in [3.8, 4) is 0 Å². The molecule has 2 amide bonds. The van der Waals surface area contributed by atoms with Gasteiger partial charge in [-0.15, -0.1) is 0 Å². The number of carbonyl (C=O) groups excluding carboxylic acids is 1. The van der Waals surface area contributed by atoms with E-state index in [9.17, 15) is 4.79 Å². The van der Waals surface area contributed by atoms with Crippen LogP contribution in [-0.2, 0) is 14.2 Å². The quantitative estimate of drug-likeness (QED) is 0.783. The summed E-state index contributed by atoms with van der Waals surface area (Å²) in [4.78, 5) is 16.3. The van der Waals surface area contributed by atoms with Crippen molar-refractivity contribution in [2.24, 2.45) is 0 Å². The molecule has 7 heteroatoms. The first-order chi connectivity index (χ1) is 10.5. The van der Waals surface area contributed by atoms with Crippen molar-refractivity contribution in [3.63, 3.8) is 0 Å². The largest absolute Gasteiger partial charge is 0.378 e. The molecule has 0 aromatic heterocycles. The molecule has 2 saturated heterocycles. The van der Waals surface area contributed by atoms with Gasteiger partial charge in [-0.2, -0.15) is 0 Å². The van der Waals surface area contributed by atoms with Crippen LogP contribution >= 0.6 is 0 Å². The lowest BCUT2D eigenvalue weighted by Crippen LogP contribution is -2.55. The summed E-state index contributed by atoms with van der Waals surface area (Å²) in [5.41, 5.74) is 0.0267. The van der Waals surface area contributed by atoms with Crippen LogP contribution in [0.5, 0.6) is 0 Å². The lowest BCUT2D eigenvalue weighted by molar-refractivity contribution is -0.0498. The standard InChI is InChI=1S/C15H29N3O4/c1-15(2)11-22-8-7-18(15)6-5-16-14(19)17-9-12(20-3)13(10-17)21-4/h12-13H,5-11H2,1-4H3,(H,16,19)/t12-,13+. The SMILES string of the molecule is CO[C@H]1CN(C(=O)NCCN2CCOCC2(C)C)C[C@H]1OC. The number of nitrogens with zero attached hydrogens (tertiary/aromatic N) is 2. The Hall–Kier alpha value is -0.890. The highest BCUT2D eigenvalue weighted by molar-refractivity contribution is 5.74. The van der Waals surface area contributed by atoms with Gasteiger partial charge in [-0.1, -0.05) is 0 Å². The van der Waals surface area contributed by atoms with Gasteiger partial charge in [0.2, 0.25) is 0 Å². The van der Waals surface area contributed by atoms with Crippen LogP contribution < -0.4 is 5.32 Å². The minimum Gasteiger partial charge on any atom is -0.378 e. The zero-order valence-electron chi connectivity index (χ0n) is 14.1. The number of hydrogen-bond donors (Lipinski definition) is 1. The molecule has 1 N–H and O–H groups in total. The van der Waals surface area contributed by atoms with Crippen LogP contribution in [-0.4, -0.2) is 93.7 Å². The van der Waals surface area contributed by atoms with Gasteiger partial charge in [0.15, 0.2) is 0 Å². The van der Waals surface area contributed by atoms with Crippen molar-refractivity contribution >= 4 is 6.03 Å². The fourth-order valence-corrected chi connectivity index (χ4v) is 3.08. The molecule has 0 aromatic carbocycles. The van der Waals surface area contributed by atoms with Gasteiger partial charge >= 0.3 is 6.03 Å². The monoisotopic (exact) mass is 315 g/mol. The van der Waals surface area contributed by atoms with E-state index in [2.05, 4.69) is 24.1 Å². The van der Waals surface area contributed by atoms with E-state index in [1.807, 2.05) is 0 Å². The minimum absolute atomic E-state index is 0.0267. The van der Waals surface area contributed by atoms with Crippen molar-refractivity contribution in [1.82, 2.24) is 15.1 Å². The van der Waals surface area contributed by atoms with Crippen LogP contribution in [0.4, 0.5) is 4.79 Å². The van der Waals surface area contributed by atoms with Crippen LogP contribution in [0.1, 0.15) is 13.8 Å². The van der Waals surface area contributed by atoms with Crippen molar-refractivity contribution in [2.75, 3.05) is 60.2 Å². The van der Waals surface area contributed by atoms with Gasteiger partial charge in [-0.25, -0.2) is 4.79 Å². The predicted molar refractivity (Wildman–Crippen MR) is 83.0 cm³/mol. The maximum absolute atomic E-state index is 12.2. The highest BCUT2D eigenvalue weighted by Gasteiger charge is 2.35. The second-order valence-electron chi connectivity index (χ2n) is 6.54. The van der Waals surface area contributed by atoms with E-state index in [-0.39, 0.29) is 23.8 Å². The van der Waals surface area contributed by atoms with Gasteiger partial charge in [-0.05, 0) is 13.8 Å². The molecule has 2 fully saturated rings. The highest BCUT2D eigenvalue weighted by Crippen LogP contribution is 2.18. The van der Waals surface area contributed by atoms with Gasteiger partial charge in [0.25, 0.3) is 0 Å². The molecule has 0 unspecified atom stereocenters. The van der Waals surface area contributed by atoms with Gasteiger partial charge in [-0.3, -0.25) is 4.90 Å². The topological polar surface area (TPSA) is 63.3 Å². The Balaban J connectivity index is 1.74. The maximum Gasteiger partial charge on any atom is 0.317 e. The number of rotatable bonds is 5. The van der Waals surface area contributed by atoms with Crippen LogP contribution in [0.15, 0.2) is 0 Å². The molecular formula is C15H29N3O4. The predicted octanol–water partition coefficient (Wildman–Crippen LogP) is 0.152. The number of ether oxygens (including phenoxy) is 3. The van der Waals surface area contributed by atoms with E-state index in [1.165, 1.54) is 0 Å².